The highest BCUT2D eigenvalue weighted by Crippen LogP contribution is 2.17. The third kappa shape index (κ3) is 7.96. The van der Waals surface area contributed by atoms with E-state index in [0.29, 0.717) is 36.5 Å². The molecule has 0 unspecified atom stereocenters. The number of anilines is 1. The van der Waals surface area contributed by atoms with E-state index in [4.69, 9.17) is 0 Å². The maximum atomic E-state index is 12.0. The van der Waals surface area contributed by atoms with Gasteiger partial charge in [0.1, 0.15) is 0 Å². The summed E-state index contributed by atoms with van der Waals surface area (Å²) in [6.45, 7) is 2.16. The number of carbonyl (C=O) groups excluding carboxylic acids is 3. The van der Waals surface area contributed by atoms with Gasteiger partial charge in [0.2, 0.25) is 11.8 Å². The quantitative estimate of drug-likeness (QED) is 0.457. The number of nitrogens with one attached hydrogen (secondary N) is 3. The van der Waals surface area contributed by atoms with E-state index < -0.39 is 0 Å². The maximum Gasteiger partial charge on any atom is 0.251 e. The Morgan fingerprint density at radius 1 is 0.889 bits per heavy atom. The molecule has 0 spiro atoms. The Kier molecular flexibility index (Phi) is 8.38. The van der Waals surface area contributed by atoms with Crippen LogP contribution in [-0.2, 0) is 9.59 Å². The van der Waals surface area contributed by atoms with Gasteiger partial charge in [0.05, 0.1) is 0 Å². The average Bonchev–Trinajstić information content (AvgIpc) is 2.66. The van der Waals surface area contributed by atoms with Crippen molar-refractivity contribution in [1.82, 2.24) is 10.6 Å². The van der Waals surface area contributed by atoms with Crippen molar-refractivity contribution in [3.05, 3.63) is 60.2 Å². The Bertz CT molecular complexity index is 764. The lowest BCUT2D eigenvalue weighted by Crippen LogP contribution is -2.34. The van der Waals surface area contributed by atoms with Crippen LogP contribution in [-0.4, -0.2) is 36.6 Å². The van der Waals surface area contributed by atoms with Crippen molar-refractivity contribution in [2.75, 3.05) is 24.2 Å². The Hall–Kier alpha value is -2.80. The molecule has 0 aliphatic carbocycles. The first-order chi connectivity index (χ1) is 13.0. The standard InChI is InChI=1S/C20H23N3O3S/c1-15(24)23-17-9-7-16(8-10-17)20(26)22-13-12-21-19(25)11-14-27-18-5-3-2-4-6-18/h2-10H,11-14H2,1H3,(H,21,25)(H,22,26)(H,23,24). The van der Waals surface area contributed by atoms with E-state index in [2.05, 4.69) is 16.0 Å². The van der Waals surface area contributed by atoms with Gasteiger partial charge in [0.25, 0.3) is 5.91 Å². The minimum Gasteiger partial charge on any atom is -0.354 e. The largest absolute Gasteiger partial charge is 0.354 e. The van der Waals surface area contributed by atoms with Crippen molar-refractivity contribution >= 4 is 35.2 Å². The van der Waals surface area contributed by atoms with Crippen LogP contribution in [0.4, 0.5) is 5.69 Å². The normalized spacial score (nSPS) is 10.1. The van der Waals surface area contributed by atoms with Gasteiger partial charge >= 0.3 is 0 Å². The highest BCUT2D eigenvalue weighted by molar-refractivity contribution is 7.99. The van der Waals surface area contributed by atoms with Crippen LogP contribution < -0.4 is 16.0 Å². The Labute approximate surface area is 163 Å². The first-order valence-corrected chi connectivity index (χ1v) is 9.63. The third-order valence-electron chi connectivity index (χ3n) is 3.54. The molecule has 0 aliphatic heterocycles. The summed E-state index contributed by atoms with van der Waals surface area (Å²) in [6, 6.07) is 16.5. The predicted octanol–water partition coefficient (Wildman–Crippen LogP) is 2.67. The second-order valence-electron chi connectivity index (χ2n) is 5.78. The molecule has 7 heteroatoms. The number of amides is 3. The van der Waals surface area contributed by atoms with Gasteiger partial charge < -0.3 is 16.0 Å². The molecule has 2 aromatic rings. The fraction of sp³-hybridized carbons (Fsp3) is 0.250. The average molecular weight is 385 g/mol. The predicted molar refractivity (Wildman–Crippen MR) is 108 cm³/mol. The summed E-state index contributed by atoms with van der Waals surface area (Å²) in [7, 11) is 0. The van der Waals surface area contributed by atoms with Gasteiger partial charge in [0, 0.05) is 48.3 Å². The number of hydrogen-bond donors (Lipinski definition) is 3. The summed E-state index contributed by atoms with van der Waals surface area (Å²) in [5.41, 5.74) is 1.13. The number of rotatable bonds is 9. The molecule has 27 heavy (non-hydrogen) atoms. The summed E-state index contributed by atoms with van der Waals surface area (Å²) in [4.78, 5) is 36.0. The van der Waals surface area contributed by atoms with Crippen LogP contribution in [0, 0.1) is 0 Å². The van der Waals surface area contributed by atoms with E-state index in [9.17, 15) is 14.4 Å². The Morgan fingerprint density at radius 2 is 1.56 bits per heavy atom. The van der Waals surface area contributed by atoms with Gasteiger partial charge in [-0.25, -0.2) is 0 Å². The lowest BCUT2D eigenvalue weighted by Gasteiger charge is -2.08. The fourth-order valence-corrected chi connectivity index (χ4v) is 3.13. The van der Waals surface area contributed by atoms with Crippen molar-refractivity contribution in [2.24, 2.45) is 0 Å². The molecule has 0 atom stereocenters. The van der Waals surface area contributed by atoms with E-state index >= 15 is 0 Å². The van der Waals surface area contributed by atoms with E-state index in [1.807, 2.05) is 30.3 Å². The molecule has 2 rings (SSSR count). The molecule has 2 aromatic carbocycles. The zero-order chi connectivity index (χ0) is 19.5. The molecule has 0 fully saturated rings. The topological polar surface area (TPSA) is 87.3 Å². The van der Waals surface area contributed by atoms with Crippen LogP contribution in [0.1, 0.15) is 23.7 Å². The highest BCUT2D eigenvalue weighted by atomic mass is 32.2. The Balaban J connectivity index is 1.60. The van der Waals surface area contributed by atoms with Gasteiger partial charge in [-0.1, -0.05) is 18.2 Å². The van der Waals surface area contributed by atoms with Crippen molar-refractivity contribution < 1.29 is 14.4 Å². The molecule has 3 amide bonds. The first kappa shape index (κ1) is 20.5. The monoisotopic (exact) mass is 385 g/mol. The molecule has 0 aliphatic rings. The van der Waals surface area contributed by atoms with Gasteiger partial charge in [-0.15, -0.1) is 11.8 Å². The van der Waals surface area contributed by atoms with Crippen LogP contribution in [0.15, 0.2) is 59.5 Å². The molecule has 142 valence electrons. The van der Waals surface area contributed by atoms with E-state index in [1.165, 1.54) is 6.92 Å². The summed E-state index contributed by atoms with van der Waals surface area (Å²) >= 11 is 1.64. The third-order valence-corrected chi connectivity index (χ3v) is 4.55. The molecule has 0 radical (unpaired) electrons. The van der Waals surface area contributed by atoms with E-state index in [1.54, 1.807) is 36.0 Å². The lowest BCUT2D eigenvalue weighted by molar-refractivity contribution is -0.120. The van der Waals surface area contributed by atoms with Gasteiger partial charge in [-0.2, -0.15) is 0 Å². The molecule has 0 saturated carbocycles. The second-order valence-corrected chi connectivity index (χ2v) is 6.94. The van der Waals surface area contributed by atoms with Crippen molar-refractivity contribution in [3.8, 4) is 0 Å². The summed E-state index contributed by atoms with van der Waals surface area (Å²) in [5.74, 6) is 0.291. The lowest BCUT2D eigenvalue weighted by atomic mass is 10.2. The van der Waals surface area contributed by atoms with Gasteiger partial charge in [-0.05, 0) is 36.4 Å². The maximum absolute atomic E-state index is 12.0. The SMILES string of the molecule is CC(=O)Nc1ccc(C(=O)NCCNC(=O)CCSc2ccccc2)cc1. The van der Waals surface area contributed by atoms with Crippen molar-refractivity contribution in [3.63, 3.8) is 0 Å². The molecule has 0 saturated heterocycles. The Morgan fingerprint density at radius 3 is 2.22 bits per heavy atom. The zero-order valence-electron chi connectivity index (χ0n) is 15.2. The summed E-state index contributed by atoms with van der Waals surface area (Å²) in [5, 5.41) is 8.19. The highest BCUT2D eigenvalue weighted by Gasteiger charge is 2.06. The number of hydrogen-bond acceptors (Lipinski definition) is 4. The zero-order valence-corrected chi connectivity index (χ0v) is 16.0. The van der Waals surface area contributed by atoms with Gasteiger partial charge in [0.15, 0.2) is 0 Å². The van der Waals surface area contributed by atoms with Crippen LogP contribution >= 0.6 is 11.8 Å². The van der Waals surface area contributed by atoms with Gasteiger partial charge in [-0.3, -0.25) is 14.4 Å². The first-order valence-electron chi connectivity index (χ1n) is 8.65. The molecule has 0 heterocycles. The fourth-order valence-electron chi connectivity index (χ4n) is 2.25. The van der Waals surface area contributed by atoms with Crippen LogP contribution in [0.5, 0.6) is 0 Å². The minimum atomic E-state index is -0.224. The number of carbonyl (C=O) groups is 3. The van der Waals surface area contributed by atoms with Crippen LogP contribution in [0.2, 0.25) is 0 Å². The van der Waals surface area contributed by atoms with Crippen LogP contribution in [0.3, 0.4) is 0 Å². The number of thioether (sulfide) groups is 1. The van der Waals surface area contributed by atoms with Crippen LogP contribution in [0.25, 0.3) is 0 Å². The summed E-state index contributed by atoms with van der Waals surface area (Å²) < 4.78 is 0. The molecular formula is C20H23N3O3S. The van der Waals surface area contributed by atoms with Crippen molar-refractivity contribution in [1.29, 1.82) is 0 Å². The van der Waals surface area contributed by atoms with Crippen molar-refractivity contribution in [2.45, 2.75) is 18.2 Å². The minimum absolute atomic E-state index is 0.0349. The van der Waals surface area contributed by atoms with E-state index in [0.717, 1.165) is 4.90 Å². The smallest absolute Gasteiger partial charge is 0.251 e. The molecular weight excluding hydrogens is 362 g/mol. The molecule has 3 N–H and O–H groups in total. The second kappa shape index (κ2) is 11.0. The molecule has 0 bridgehead atoms. The molecule has 0 aromatic heterocycles. The van der Waals surface area contributed by atoms with E-state index in [-0.39, 0.29) is 17.7 Å². The summed E-state index contributed by atoms with van der Waals surface area (Å²) in [6.07, 6.45) is 0.429. The molecule has 6 nitrogen and oxygen atoms in total. The number of benzene rings is 2.